The predicted molar refractivity (Wildman–Crippen MR) is 66.2 cm³/mol. The van der Waals surface area contributed by atoms with E-state index in [0.717, 1.165) is 6.92 Å². The highest BCUT2D eigenvalue weighted by molar-refractivity contribution is 5.77. The Morgan fingerprint density at radius 3 is 2.27 bits per heavy atom. The molecule has 1 aliphatic heterocycles. The lowest BCUT2D eigenvalue weighted by atomic mass is 9.86. The van der Waals surface area contributed by atoms with Crippen molar-refractivity contribution >= 4 is 11.9 Å². The van der Waals surface area contributed by atoms with E-state index in [9.17, 15) is 35.1 Å². The van der Waals surface area contributed by atoms with Gasteiger partial charge in [0.25, 0.3) is 5.79 Å². The van der Waals surface area contributed by atoms with Gasteiger partial charge in [-0.15, -0.1) is 0 Å². The molecule has 22 heavy (non-hydrogen) atoms. The van der Waals surface area contributed by atoms with Crippen LogP contribution in [0.4, 0.5) is 0 Å². The van der Waals surface area contributed by atoms with Gasteiger partial charge in [0, 0.05) is 6.92 Å². The molecule has 1 heterocycles. The van der Waals surface area contributed by atoms with E-state index in [4.69, 9.17) is 14.9 Å². The van der Waals surface area contributed by atoms with Crippen molar-refractivity contribution in [2.45, 2.75) is 49.3 Å². The van der Waals surface area contributed by atoms with Gasteiger partial charge in [-0.1, -0.05) is 0 Å². The number of hydrogen-bond acceptors (Lipinski definition) is 9. The second kappa shape index (κ2) is 6.83. The van der Waals surface area contributed by atoms with Crippen LogP contribution < -0.4 is 5.32 Å². The van der Waals surface area contributed by atoms with Crippen molar-refractivity contribution < 1.29 is 50.1 Å². The summed E-state index contributed by atoms with van der Waals surface area (Å²) in [5.74, 6) is -6.03. The monoisotopic (exact) mass is 325 g/mol. The maximum absolute atomic E-state index is 11.1. The van der Waals surface area contributed by atoms with Gasteiger partial charge in [0.2, 0.25) is 5.91 Å². The molecule has 1 aliphatic rings. The summed E-state index contributed by atoms with van der Waals surface area (Å²) in [5.41, 5.74) is 0. The fourth-order valence-corrected chi connectivity index (χ4v) is 2.16. The molecule has 0 unspecified atom stereocenters. The average molecular weight is 325 g/mol. The molecular formula is C11H19NO10. The number of carboxylic acids is 1. The average Bonchev–Trinajstić information content (AvgIpc) is 2.45. The van der Waals surface area contributed by atoms with Gasteiger partial charge >= 0.3 is 5.97 Å². The van der Waals surface area contributed by atoms with Gasteiger partial charge in [0.05, 0.1) is 12.6 Å². The van der Waals surface area contributed by atoms with Crippen molar-refractivity contribution in [3.8, 4) is 0 Å². The van der Waals surface area contributed by atoms with Crippen LogP contribution in [0.25, 0.3) is 0 Å². The van der Waals surface area contributed by atoms with Crippen LogP contribution in [-0.2, 0) is 14.3 Å². The number of aliphatic hydroxyl groups is 6. The molecule has 11 nitrogen and oxygen atoms in total. The topological polar surface area (TPSA) is 197 Å². The van der Waals surface area contributed by atoms with Crippen LogP contribution in [-0.4, -0.2) is 96.6 Å². The zero-order valence-corrected chi connectivity index (χ0v) is 11.5. The summed E-state index contributed by atoms with van der Waals surface area (Å²) in [6, 6.07) is -1.54. The Bertz CT molecular complexity index is 431. The number of carbonyl (C=O) groups is 2. The highest BCUT2D eigenvalue weighted by Crippen LogP contribution is 2.31. The number of nitrogens with one attached hydrogen (secondary N) is 1. The van der Waals surface area contributed by atoms with Crippen molar-refractivity contribution in [3.63, 3.8) is 0 Å². The number of carboxylic acid groups (broad SMARTS) is 1. The molecule has 8 N–H and O–H groups in total. The van der Waals surface area contributed by atoms with E-state index in [1.54, 1.807) is 0 Å². The molecule has 1 saturated heterocycles. The van der Waals surface area contributed by atoms with Gasteiger partial charge in [-0.25, -0.2) is 4.79 Å². The predicted octanol–water partition coefficient (Wildman–Crippen LogP) is -4.90. The molecule has 0 aromatic rings. The molecule has 0 radical (unpaired) electrons. The lowest BCUT2D eigenvalue weighted by Crippen LogP contribution is -2.73. The first-order valence-electron chi connectivity index (χ1n) is 6.30. The SMILES string of the molecule is CC(=O)N[C@@H]1[C@@H](O)[C@@H](O)[C@](O)(C(=O)O)O[C@H]1[C@H](O)[C@H](O)CO. The number of aliphatic carboxylic acids is 1. The third-order valence-corrected chi connectivity index (χ3v) is 3.36. The quantitative estimate of drug-likeness (QED) is 0.242. The summed E-state index contributed by atoms with van der Waals surface area (Å²) in [6.45, 7) is 0.112. The summed E-state index contributed by atoms with van der Waals surface area (Å²) in [4.78, 5) is 22.2. The zero-order valence-electron chi connectivity index (χ0n) is 11.5. The van der Waals surface area contributed by atoms with Crippen molar-refractivity contribution in [3.05, 3.63) is 0 Å². The van der Waals surface area contributed by atoms with E-state index in [1.165, 1.54) is 0 Å². The van der Waals surface area contributed by atoms with Crippen molar-refractivity contribution in [1.82, 2.24) is 5.32 Å². The van der Waals surface area contributed by atoms with Crippen molar-refractivity contribution in [1.29, 1.82) is 0 Å². The number of amides is 1. The summed E-state index contributed by atoms with van der Waals surface area (Å²) in [5, 5.41) is 68.6. The summed E-state index contributed by atoms with van der Waals surface area (Å²) < 4.78 is 4.73. The molecule has 1 amide bonds. The third-order valence-electron chi connectivity index (χ3n) is 3.36. The highest BCUT2D eigenvalue weighted by atomic mass is 16.7. The molecule has 0 bridgehead atoms. The minimum Gasteiger partial charge on any atom is -0.477 e. The second-order valence-electron chi connectivity index (χ2n) is 4.99. The summed E-state index contributed by atoms with van der Waals surface area (Å²) in [6.07, 6.45) is -9.94. The van der Waals surface area contributed by atoms with E-state index < -0.39 is 60.8 Å². The van der Waals surface area contributed by atoms with Crippen LogP contribution in [0.1, 0.15) is 6.92 Å². The fraction of sp³-hybridized carbons (Fsp3) is 0.818. The van der Waals surface area contributed by atoms with Crippen LogP contribution in [0.5, 0.6) is 0 Å². The van der Waals surface area contributed by atoms with E-state index in [-0.39, 0.29) is 0 Å². The number of hydrogen-bond donors (Lipinski definition) is 8. The molecule has 11 heteroatoms. The van der Waals surface area contributed by atoms with Gasteiger partial charge in [0.15, 0.2) is 0 Å². The molecule has 0 aromatic heterocycles. The first-order chi connectivity index (χ1) is 10.1. The maximum Gasteiger partial charge on any atom is 0.367 e. The number of rotatable bonds is 5. The Morgan fingerprint density at radius 2 is 1.86 bits per heavy atom. The Kier molecular flexibility index (Phi) is 5.81. The van der Waals surface area contributed by atoms with E-state index in [1.807, 2.05) is 0 Å². The molecule has 7 atom stereocenters. The van der Waals surface area contributed by atoms with Crippen LogP contribution >= 0.6 is 0 Å². The van der Waals surface area contributed by atoms with Crippen LogP contribution in [0.2, 0.25) is 0 Å². The van der Waals surface area contributed by atoms with Gasteiger partial charge < -0.3 is 45.8 Å². The molecule has 0 aliphatic carbocycles. The first-order valence-corrected chi connectivity index (χ1v) is 6.30. The molecule has 0 spiro atoms. The normalized spacial score (nSPS) is 38.1. The molecule has 128 valence electrons. The third kappa shape index (κ3) is 3.35. The number of carbonyl (C=O) groups excluding carboxylic acids is 1. The molecule has 0 aromatic carbocycles. The van der Waals surface area contributed by atoms with E-state index >= 15 is 0 Å². The van der Waals surface area contributed by atoms with Gasteiger partial charge in [0.1, 0.15) is 30.5 Å². The number of aliphatic hydroxyl groups excluding tert-OH is 5. The molecular weight excluding hydrogens is 306 g/mol. The molecule has 1 fully saturated rings. The Labute approximate surface area is 124 Å². The van der Waals surface area contributed by atoms with E-state index in [2.05, 4.69) is 5.32 Å². The fourth-order valence-electron chi connectivity index (χ4n) is 2.16. The van der Waals surface area contributed by atoms with Crippen LogP contribution in [0.3, 0.4) is 0 Å². The molecule has 1 rings (SSSR count). The second-order valence-corrected chi connectivity index (χ2v) is 4.99. The summed E-state index contributed by atoms with van der Waals surface area (Å²) in [7, 11) is 0. The largest absolute Gasteiger partial charge is 0.477 e. The summed E-state index contributed by atoms with van der Waals surface area (Å²) >= 11 is 0. The van der Waals surface area contributed by atoms with Crippen molar-refractivity contribution in [2.75, 3.05) is 6.61 Å². The standard InChI is InChI=1S/C11H19NO10/c1-3(14)12-5-7(17)9(18)11(21,10(19)20)22-8(5)6(16)4(15)2-13/h4-9,13,15-18,21H,2H2,1H3,(H,12,14)(H,19,20)/t4-,5-,6-,7-,8-,9-,11-/m1/s1. The van der Waals surface area contributed by atoms with Crippen LogP contribution in [0.15, 0.2) is 0 Å². The zero-order chi connectivity index (χ0) is 17.2. The molecule has 0 saturated carbocycles. The van der Waals surface area contributed by atoms with E-state index in [0.29, 0.717) is 0 Å². The smallest absolute Gasteiger partial charge is 0.367 e. The van der Waals surface area contributed by atoms with Gasteiger partial charge in [-0.05, 0) is 0 Å². The number of ether oxygens (including phenoxy) is 1. The Morgan fingerprint density at radius 1 is 1.32 bits per heavy atom. The van der Waals surface area contributed by atoms with Crippen LogP contribution in [0, 0.1) is 0 Å². The minimum absolute atomic E-state index is 0.712. The lowest BCUT2D eigenvalue weighted by molar-refractivity contribution is -0.332. The first kappa shape index (κ1) is 18.7. The van der Waals surface area contributed by atoms with Gasteiger partial charge in [-0.2, -0.15) is 0 Å². The van der Waals surface area contributed by atoms with Crippen molar-refractivity contribution in [2.24, 2.45) is 0 Å². The maximum atomic E-state index is 11.1. The Hall–Kier alpha value is -1.34. The highest BCUT2D eigenvalue weighted by Gasteiger charge is 2.60. The Balaban J connectivity index is 3.19. The minimum atomic E-state index is -3.27. The lowest BCUT2D eigenvalue weighted by Gasteiger charge is -2.47. The van der Waals surface area contributed by atoms with Gasteiger partial charge in [-0.3, -0.25) is 4.79 Å².